The lowest BCUT2D eigenvalue weighted by Crippen LogP contribution is -2.13. The van der Waals surface area contributed by atoms with Crippen molar-refractivity contribution in [1.82, 2.24) is 0 Å². The van der Waals surface area contributed by atoms with Gasteiger partial charge in [0.1, 0.15) is 24.0 Å². The summed E-state index contributed by atoms with van der Waals surface area (Å²) in [6.45, 7) is 0.201. The van der Waals surface area contributed by atoms with Crippen molar-refractivity contribution in [2.45, 2.75) is 6.61 Å². The molecule has 1 amide bonds. The van der Waals surface area contributed by atoms with Crippen LogP contribution in [-0.4, -0.2) is 23.0 Å². The van der Waals surface area contributed by atoms with Crippen molar-refractivity contribution in [3.8, 4) is 23.3 Å². The topological polar surface area (TPSA) is 135 Å². The number of nitrogens with zero attached hydrogens (tertiary/aromatic N) is 2. The van der Waals surface area contributed by atoms with Gasteiger partial charge in [-0.3, -0.25) is 14.9 Å². The first kappa shape index (κ1) is 25.4. The van der Waals surface area contributed by atoms with E-state index in [1.54, 1.807) is 42.5 Å². The Bertz CT molecular complexity index is 1370. The fraction of sp³-hybridized carbons (Fsp3) is 0.0833. The molecule has 0 unspecified atom stereocenters. The van der Waals surface area contributed by atoms with E-state index in [4.69, 9.17) is 32.7 Å². The maximum absolute atomic E-state index is 12.5. The summed E-state index contributed by atoms with van der Waals surface area (Å²) in [5.41, 5.74) is 0.580. The van der Waals surface area contributed by atoms with Crippen LogP contribution in [0.5, 0.6) is 17.2 Å². The van der Waals surface area contributed by atoms with Crippen LogP contribution in [0.1, 0.15) is 11.1 Å². The monoisotopic (exact) mass is 513 g/mol. The SMILES string of the molecule is COc1cc(/C=C(/C#N)C(=O)Nc2ccc([N+](=O)[O-])cc2O)ccc1OCc1ccc(Cl)c(Cl)c1. The number of phenolic OH excluding ortho intramolecular Hbond substituents is 1. The maximum atomic E-state index is 12.5. The molecule has 0 aliphatic carbocycles. The van der Waals surface area contributed by atoms with Crippen LogP contribution in [0.15, 0.2) is 60.2 Å². The van der Waals surface area contributed by atoms with Gasteiger partial charge in [-0.15, -0.1) is 0 Å². The third-order valence-electron chi connectivity index (χ3n) is 4.68. The van der Waals surface area contributed by atoms with Crippen molar-refractivity contribution < 1.29 is 24.3 Å². The molecular weight excluding hydrogens is 497 g/mol. The Balaban J connectivity index is 1.76. The molecule has 0 fully saturated rings. The third-order valence-corrected chi connectivity index (χ3v) is 5.42. The smallest absolute Gasteiger partial charge is 0.273 e. The van der Waals surface area contributed by atoms with Gasteiger partial charge in [-0.1, -0.05) is 35.3 Å². The lowest BCUT2D eigenvalue weighted by atomic mass is 10.1. The van der Waals surface area contributed by atoms with Crippen molar-refractivity contribution in [3.05, 3.63) is 91.5 Å². The highest BCUT2D eigenvalue weighted by Crippen LogP contribution is 2.31. The van der Waals surface area contributed by atoms with E-state index >= 15 is 0 Å². The molecule has 0 aromatic heterocycles. The summed E-state index contributed by atoms with van der Waals surface area (Å²) in [6.07, 6.45) is 1.32. The van der Waals surface area contributed by atoms with Crippen LogP contribution in [0.3, 0.4) is 0 Å². The molecule has 3 aromatic rings. The number of ether oxygens (including phenoxy) is 2. The fourth-order valence-corrected chi connectivity index (χ4v) is 3.25. The number of anilines is 1. The average Bonchev–Trinajstić information content (AvgIpc) is 2.84. The molecule has 178 valence electrons. The Morgan fingerprint density at radius 3 is 2.54 bits per heavy atom. The van der Waals surface area contributed by atoms with Gasteiger partial charge in [-0.2, -0.15) is 5.26 Å². The predicted octanol–water partition coefficient (Wildman–Crippen LogP) is 5.74. The van der Waals surface area contributed by atoms with E-state index in [9.17, 15) is 25.3 Å². The maximum Gasteiger partial charge on any atom is 0.273 e. The van der Waals surface area contributed by atoms with Gasteiger partial charge in [0.15, 0.2) is 11.5 Å². The Morgan fingerprint density at radius 2 is 1.91 bits per heavy atom. The quantitative estimate of drug-likeness (QED) is 0.129. The Kier molecular flexibility index (Phi) is 8.15. The number of aromatic hydroxyl groups is 1. The summed E-state index contributed by atoms with van der Waals surface area (Å²) in [6, 6.07) is 14.9. The average molecular weight is 514 g/mol. The molecule has 11 heteroatoms. The number of benzene rings is 3. The first-order valence-electron chi connectivity index (χ1n) is 9.87. The number of carbonyl (C=O) groups excluding carboxylic acids is 1. The first-order chi connectivity index (χ1) is 16.7. The van der Waals surface area contributed by atoms with Gasteiger partial charge in [0, 0.05) is 6.07 Å². The van der Waals surface area contributed by atoms with Gasteiger partial charge in [-0.25, -0.2) is 0 Å². The number of nitriles is 1. The molecule has 0 heterocycles. The zero-order valence-electron chi connectivity index (χ0n) is 18.1. The number of hydrogen-bond acceptors (Lipinski definition) is 7. The van der Waals surface area contributed by atoms with Crippen LogP contribution in [0.2, 0.25) is 10.0 Å². The number of non-ortho nitro benzene ring substituents is 1. The van der Waals surface area contributed by atoms with Crippen LogP contribution < -0.4 is 14.8 Å². The van der Waals surface area contributed by atoms with E-state index in [1.165, 1.54) is 19.3 Å². The number of amides is 1. The standard InChI is InChI=1S/C24H17Cl2N3O6/c1-34-23-10-14(3-7-22(23)35-13-15-2-5-18(25)19(26)9-15)8-16(12-27)24(31)28-20-6-4-17(29(32)33)11-21(20)30/h2-11,30H,13H2,1H3,(H,28,31)/b16-8-. The number of nitrogens with one attached hydrogen (secondary N) is 1. The Morgan fingerprint density at radius 1 is 1.14 bits per heavy atom. The minimum atomic E-state index is -0.810. The van der Waals surface area contributed by atoms with Gasteiger partial charge < -0.3 is 19.9 Å². The van der Waals surface area contributed by atoms with Crippen molar-refractivity contribution >= 4 is 46.6 Å². The lowest BCUT2D eigenvalue weighted by molar-refractivity contribution is -0.384. The van der Waals surface area contributed by atoms with Crippen LogP contribution in [-0.2, 0) is 11.4 Å². The molecule has 0 atom stereocenters. The molecule has 3 rings (SSSR count). The number of hydrogen-bond donors (Lipinski definition) is 2. The number of nitro groups is 1. The molecule has 9 nitrogen and oxygen atoms in total. The number of halogens is 2. The summed E-state index contributed by atoms with van der Waals surface area (Å²) in [5, 5.41) is 33.4. The summed E-state index contributed by atoms with van der Waals surface area (Å²) in [7, 11) is 1.45. The molecule has 0 aliphatic heterocycles. The van der Waals surface area contributed by atoms with E-state index in [0.717, 1.165) is 17.7 Å². The Labute approximate surface area is 209 Å². The number of nitro benzene ring substituents is 1. The van der Waals surface area contributed by atoms with Crippen molar-refractivity contribution in [3.63, 3.8) is 0 Å². The number of rotatable bonds is 8. The zero-order valence-corrected chi connectivity index (χ0v) is 19.6. The van der Waals surface area contributed by atoms with Crippen LogP contribution in [0, 0.1) is 21.4 Å². The van der Waals surface area contributed by atoms with Gasteiger partial charge in [0.25, 0.3) is 11.6 Å². The molecular formula is C24H17Cl2N3O6. The second-order valence-corrected chi connectivity index (χ2v) is 7.84. The third kappa shape index (κ3) is 6.41. The summed E-state index contributed by atoms with van der Waals surface area (Å²) < 4.78 is 11.2. The second kappa shape index (κ2) is 11.2. The minimum absolute atomic E-state index is 0.0784. The zero-order chi connectivity index (χ0) is 25.5. The summed E-state index contributed by atoms with van der Waals surface area (Å²) >= 11 is 11.9. The normalized spacial score (nSPS) is 10.9. The molecule has 0 aliphatic rings. The number of carbonyl (C=O) groups is 1. The Hall–Kier alpha value is -4.26. The van der Waals surface area contributed by atoms with Crippen LogP contribution >= 0.6 is 23.2 Å². The molecule has 0 saturated heterocycles. The molecule has 3 aromatic carbocycles. The predicted molar refractivity (Wildman–Crippen MR) is 131 cm³/mol. The highest BCUT2D eigenvalue weighted by atomic mass is 35.5. The molecule has 2 N–H and O–H groups in total. The van der Waals surface area contributed by atoms with Crippen molar-refractivity contribution in [1.29, 1.82) is 5.26 Å². The molecule has 0 spiro atoms. The van der Waals surface area contributed by atoms with E-state index in [0.29, 0.717) is 27.1 Å². The summed E-state index contributed by atoms with van der Waals surface area (Å²) in [4.78, 5) is 22.6. The fourth-order valence-electron chi connectivity index (χ4n) is 2.93. The molecule has 0 saturated carbocycles. The summed E-state index contributed by atoms with van der Waals surface area (Å²) in [5.74, 6) is -0.524. The van der Waals surface area contributed by atoms with Gasteiger partial charge in [0.2, 0.25) is 0 Å². The molecule has 0 radical (unpaired) electrons. The van der Waals surface area contributed by atoms with E-state index in [1.807, 2.05) is 0 Å². The highest BCUT2D eigenvalue weighted by molar-refractivity contribution is 6.42. The lowest BCUT2D eigenvalue weighted by Gasteiger charge is -2.12. The second-order valence-electron chi connectivity index (χ2n) is 7.03. The van der Waals surface area contributed by atoms with E-state index in [2.05, 4.69) is 5.32 Å². The molecule has 35 heavy (non-hydrogen) atoms. The van der Waals surface area contributed by atoms with E-state index in [-0.39, 0.29) is 23.6 Å². The first-order valence-corrected chi connectivity index (χ1v) is 10.6. The van der Waals surface area contributed by atoms with Crippen LogP contribution in [0.25, 0.3) is 6.08 Å². The number of phenols is 1. The largest absolute Gasteiger partial charge is 0.506 e. The van der Waals surface area contributed by atoms with Gasteiger partial charge in [-0.05, 0) is 47.5 Å². The van der Waals surface area contributed by atoms with Crippen molar-refractivity contribution in [2.75, 3.05) is 12.4 Å². The molecule has 0 bridgehead atoms. The van der Waals surface area contributed by atoms with Gasteiger partial charge >= 0.3 is 0 Å². The number of methoxy groups -OCH3 is 1. The van der Waals surface area contributed by atoms with Crippen LogP contribution in [0.4, 0.5) is 11.4 Å². The van der Waals surface area contributed by atoms with E-state index < -0.39 is 16.6 Å². The van der Waals surface area contributed by atoms with Gasteiger partial charge in [0.05, 0.1) is 33.8 Å². The minimum Gasteiger partial charge on any atom is -0.506 e. The van der Waals surface area contributed by atoms with Crippen molar-refractivity contribution in [2.24, 2.45) is 0 Å². The highest BCUT2D eigenvalue weighted by Gasteiger charge is 2.15.